The maximum absolute atomic E-state index is 13.2. The lowest BCUT2D eigenvalue weighted by atomic mass is 9.96. The molecule has 0 amide bonds. The third kappa shape index (κ3) is 6.31. The summed E-state index contributed by atoms with van der Waals surface area (Å²) < 4.78 is 12.4. The summed E-state index contributed by atoms with van der Waals surface area (Å²) in [5.41, 5.74) is 3.00. The van der Waals surface area contributed by atoms with Gasteiger partial charge in [-0.1, -0.05) is 29.8 Å². The molecule has 0 bridgehead atoms. The number of carbonyl (C=O) groups is 2. The maximum Gasteiger partial charge on any atom is 0.338 e. The van der Waals surface area contributed by atoms with Gasteiger partial charge in [0.05, 0.1) is 24.9 Å². The van der Waals surface area contributed by atoms with E-state index in [1.165, 1.54) is 10.6 Å². The summed E-state index contributed by atoms with van der Waals surface area (Å²) in [6, 6.07) is 13.3. The molecule has 7 heteroatoms. The molecule has 3 aromatic rings. The molecule has 1 aliphatic carbocycles. The number of halogens is 1. The van der Waals surface area contributed by atoms with Gasteiger partial charge in [-0.05, 0) is 87.4 Å². The predicted octanol–water partition coefficient (Wildman–Crippen LogP) is 6.38. The molecule has 1 atom stereocenters. The Balaban J connectivity index is 1.55. The van der Waals surface area contributed by atoms with Crippen molar-refractivity contribution in [3.05, 3.63) is 86.8 Å². The van der Waals surface area contributed by atoms with E-state index in [0.29, 0.717) is 27.8 Å². The Labute approximate surface area is 222 Å². The third-order valence-electron chi connectivity index (χ3n) is 6.44. The molecule has 4 rings (SSSR count). The highest BCUT2D eigenvalue weighted by Crippen LogP contribution is 2.46. The average molecular weight is 522 g/mol. The largest absolute Gasteiger partial charge is 0.495 e. The van der Waals surface area contributed by atoms with Gasteiger partial charge in [0, 0.05) is 23.1 Å². The van der Waals surface area contributed by atoms with E-state index in [2.05, 4.69) is 0 Å². The molecule has 0 N–H and O–H groups in total. The van der Waals surface area contributed by atoms with Crippen LogP contribution in [0.2, 0.25) is 5.02 Å². The predicted molar refractivity (Wildman–Crippen MR) is 145 cm³/mol. The van der Waals surface area contributed by atoms with E-state index in [0.717, 1.165) is 29.5 Å². The number of rotatable bonds is 8. The summed E-state index contributed by atoms with van der Waals surface area (Å²) in [7, 11) is 1.55. The van der Waals surface area contributed by atoms with Gasteiger partial charge in [0.1, 0.15) is 11.4 Å². The number of Topliss-reactive ketones (excluding diaryl/α,β-unsaturated/α-hetero) is 1. The van der Waals surface area contributed by atoms with Crippen LogP contribution in [-0.2, 0) is 16.0 Å². The first kappa shape index (κ1) is 26.7. The van der Waals surface area contributed by atoms with Crippen LogP contribution in [-0.4, -0.2) is 29.0 Å². The normalized spacial score (nSPS) is 14.2. The number of carbonyl (C=O) groups excluding carboxylic acids is 2. The number of hydrogen-bond acceptors (Lipinski definition) is 5. The number of aromatic nitrogens is 1. The van der Waals surface area contributed by atoms with Crippen molar-refractivity contribution in [2.75, 3.05) is 7.11 Å². The molecule has 1 unspecified atom stereocenters. The Hall–Kier alpha value is -3.38. The molecule has 1 heterocycles. The molecule has 1 aliphatic rings. The lowest BCUT2D eigenvalue weighted by Gasteiger charge is -2.19. The van der Waals surface area contributed by atoms with Crippen molar-refractivity contribution in [3.63, 3.8) is 0 Å². The Morgan fingerprint density at radius 3 is 2.32 bits per heavy atom. The Kier molecular flexibility index (Phi) is 7.60. The Morgan fingerprint density at radius 1 is 1.05 bits per heavy atom. The summed E-state index contributed by atoms with van der Waals surface area (Å²) in [4.78, 5) is 38.5. The number of benzene rings is 2. The monoisotopic (exact) mass is 521 g/mol. The Morgan fingerprint density at radius 2 is 1.73 bits per heavy atom. The van der Waals surface area contributed by atoms with Gasteiger partial charge in [0.25, 0.3) is 5.56 Å². The lowest BCUT2D eigenvalue weighted by Crippen LogP contribution is -2.28. The topological polar surface area (TPSA) is 74.6 Å². The number of nitrogens with zero attached hydrogens (tertiary/aromatic N) is 1. The number of hydrogen-bond donors (Lipinski definition) is 0. The van der Waals surface area contributed by atoms with Gasteiger partial charge in [-0.25, -0.2) is 4.79 Å². The van der Waals surface area contributed by atoms with Gasteiger partial charge >= 0.3 is 5.97 Å². The van der Waals surface area contributed by atoms with Crippen LogP contribution in [0.3, 0.4) is 0 Å². The average Bonchev–Trinajstić information content (AvgIpc) is 3.68. The molecule has 37 heavy (non-hydrogen) atoms. The van der Waals surface area contributed by atoms with Crippen LogP contribution in [0.4, 0.5) is 0 Å². The van der Waals surface area contributed by atoms with Crippen LogP contribution >= 0.6 is 11.6 Å². The second-order valence-electron chi connectivity index (χ2n) is 10.5. The minimum atomic E-state index is -0.705. The van der Waals surface area contributed by atoms with Gasteiger partial charge in [0.15, 0.2) is 5.78 Å². The molecule has 0 radical (unpaired) electrons. The fourth-order valence-electron chi connectivity index (χ4n) is 4.32. The standard InChI is InChI=1S/C30H32ClNO5/c1-18(26(33)14-19-6-8-21(9-7-19)29(35)37-30(2,3)4)32-17-27(36-5)25(16-28(32)34)24-15-22(31)12-13-23(24)20-10-11-20/h6-9,12-13,15-18,20H,10-11,14H2,1-5H3. The number of ketones is 1. The van der Waals surface area contributed by atoms with Crippen molar-refractivity contribution in [2.24, 2.45) is 0 Å². The quantitative estimate of drug-likeness (QED) is 0.321. The summed E-state index contributed by atoms with van der Waals surface area (Å²) in [6.07, 6.45) is 3.94. The van der Waals surface area contributed by atoms with Crippen LogP contribution in [0.1, 0.15) is 74.0 Å². The SMILES string of the molecule is COc1cn(C(C)C(=O)Cc2ccc(C(=O)OC(C)(C)C)cc2)c(=O)cc1-c1cc(Cl)ccc1C1CC1. The fraction of sp³-hybridized carbons (Fsp3) is 0.367. The number of ether oxygens (including phenoxy) is 2. The Bertz CT molecular complexity index is 1380. The minimum absolute atomic E-state index is 0.117. The molecular formula is C30H32ClNO5. The van der Waals surface area contributed by atoms with Gasteiger partial charge in [-0.3, -0.25) is 9.59 Å². The van der Waals surface area contributed by atoms with E-state index >= 15 is 0 Å². The van der Waals surface area contributed by atoms with Crippen LogP contribution in [0.15, 0.2) is 59.5 Å². The smallest absolute Gasteiger partial charge is 0.338 e. The highest BCUT2D eigenvalue weighted by atomic mass is 35.5. The van der Waals surface area contributed by atoms with Crippen molar-refractivity contribution < 1.29 is 19.1 Å². The van der Waals surface area contributed by atoms with E-state index in [1.807, 2.05) is 39.0 Å². The first-order valence-corrected chi connectivity index (χ1v) is 12.8. The summed E-state index contributed by atoms with van der Waals surface area (Å²) in [5.74, 6) is 0.414. The van der Waals surface area contributed by atoms with E-state index in [1.54, 1.807) is 44.5 Å². The zero-order valence-corrected chi connectivity index (χ0v) is 22.6. The maximum atomic E-state index is 13.2. The van der Waals surface area contributed by atoms with Crippen LogP contribution in [0.5, 0.6) is 5.75 Å². The molecule has 1 fully saturated rings. The van der Waals surface area contributed by atoms with Crippen LogP contribution in [0.25, 0.3) is 11.1 Å². The second kappa shape index (κ2) is 10.5. The van der Waals surface area contributed by atoms with Crippen molar-refractivity contribution in [2.45, 2.75) is 64.5 Å². The minimum Gasteiger partial charge on any atom is -0.495 e. The number of methoxy groups -OCH3 is 1. The van der Waals surface area contributed by atoms with Crippen molar-refractivity contribution in [1.29, 1.82) is 0 Å². The van der Waals surface area contributed by atoms with E-state index in [4.69, 9.17) is 21.1 Å². The van der Waals surface area contributed by atoms with Crippen LogP contribution in [0, 0.1) is 0 Å². The van der Waals surface area contributed by atoms with Crippen molar-refractivity contribution in [3.8, 4) is 16.9 Å². The molecule has 1 aromatic heterocycles. The summed E-state index contributed by atoms with van der Waals surface area (Å²) >= 11 is 6.29. The van der Waals surface area contributed by atoms with Crippen molar-refractivity contribution in [1.82, 2.24) is 4.57 Å². The molecule has 1 saturated carbocycles. The van der Waals surface area contributed by atoms with Gasteiger partial charge in [-0.15, -0.1) is 0 Å². The first-order chi connectivity index (χ1) is 17.5. The highest BCUT2D eigenvalue weighted by Gasteiger charge is 2.28. The third-order valence-corrected chi connectivity index (χ3v) is 6.67. The van der Waals surface area contributed by atoms with Gasteiger partial charge in [0.2, 0.25) is 0 Å². The van der Waals surface area contributed by atoms with Crippen LogP contribution < -0.4 is 10.3 Å². The van der Waals surface area contributed by atoms with Crippen molar-refractivity contribution >= 4 is 23.4 Å². The first-order valence-electron chi connectivity index (χ1n) is 12.4. The van der Waals surface area contributed by atoms with E-state index in [9.17, 15) is 14.4 Å². The zero-order chi connectivity index (χ0) is 26.9. The lowest BCUT2D eigenvalue weighted by molar-refractivity contribution is -0.121. The highest BCUT2D eigenvalue weighted by molar-refractivity contribution is 6.30. The molecule has 6 nitrogen and oxygen atoms in total. The molecule has 0 saturated heterocycles. The molecule has 2 aromatic carbocycles. The summed E-state index contributed by atoms with van der Waals surface area (Å²) in [5, 5.41) is 0.590. The fourth-order valence-corrected chi connectivity index (χ4v) is 4.49. The van der Waals surface area contributed by atoms with E-state index in [-0.39, 0.29) is 17.8 Å². The van der Waals surface area contributed by atoms with E-state index < -0.39 is 17.6 Å². The number of pyridine rings is 1. The molecule has 194 valence electrons. The number of esters is 1. The van der Waals surface area contributed by atoms with Gasteiger partial charge < -0.3 is 14.0 Å². The zero-order valence-electron chi connectivity index (χ0n) is 21.8. The molecular weight excluding hydrogens is 490 g/mol. The summed E-state index contributed by atoms with van der Waals surface area (Å²) in [6.45, 7) is 7.13. The second-order valence-corrected chi connectivity index (χ2v) is 11.0. The molecule has 0 aliphatic heterocycles. The van der Waals surface area contributed by atoms with Gasteiger partial charge in [-0.2, -0.15) is 0 Å². The molecule has 0 spiro atoms.